The lowest BCUT2D eigenvalue weighted by atomic mass is 9.77. The monoisotopic (exact) mass is 366 g/mol. The fourth-order valence-electron chi connectivity index (χ4n) is 5.18. The van der Waals surface area contributed by atoms with Crippen LogP contribution in [-0.2, 0) is 23.7 Å². The van der Waals surface area contributed by atoms with Gasteiger partial charge in [0, 0.05) is 5.41 Å². The first-order valence-corrected chi connectivity index (χ1v) is 10.6. The van der Waals surface area contributed by atoms with Gasteiger partial charge in [0.2, 0.25) is 0 Å². The minimum absolute atomic E-state index is 0.0440. The molecule has 0 saturated carbocycles. The van der Waals surface area contributed by atoms with Crippen molar-refractivity contribution >= 4 is 0 Å². The third-order valence-electron chi connectivity index (χ3n) is 6.99. The van der Waals surface area contributed by atoms with Gasteiger partial charge >= 0.3 is 0 Å². The maximum absolute atomic E-state index is 2.51. The van der Waals surface area contributed by atoms with Crippen LogP contribution >= 0.6 is 0 Å². The fraction of sp³-hybridized carbons (Fsp3) is 0.357. The highest BCUT2D eigenvalue weighted by molar-refractivity contribution is 5.86. The smallest absolute Gasteiger partial charge is 0.0159 e. The van der Waals surface area contributed by atoms with Crippen molar-refractivity contribution < 1.29 is 0 Å². The molecule has 5 rings (SSSR count). The van der Waals surface area contributed by atoms with Gasteiger partial charge in [-0.2, -0.15) is 0 Å². The first-order valence-electron chi connectivity index (χ1n) is 10.6. The molecule has 0 aliphatic heterocycles. The third kappa shape index (κ3) is 2.43. The largest absolute Gasteiger partial charge is 0.0590 e. The van der Waals surface area contributed by atoms with E-state index in [1.54, 1.807) is 0 Å². The van der Waals surface area contributed by atoms with E-state index in [0.29, 0.717) is 0 Å². The summed E-state index contributed by atoms with van der Waals surface area (Å²) in [4.78, 5) is 0. The van der Waals surface area contributed by atoms with E-state index in [9.17, 15) is 0 Å². The maximum atomic E-state index is 2.51. The molecule has 2 aliphatic carbocycles. The maximum Gasteiger partial charge on any atom is 0.0159 e. The van der Waals surface area contributed by atoms with Gasteiger partial charge in [0.25, 0.3) is 0 Å². The van der Waals surface area contributed by atoms with Crippen LogP contribution < -0.4 is 0 Å². The molecule has 0 radical (unpaired) electrons. The molecule has 3 aromatic carbocycles. The predicted octanol–water partition coefficient (Wildman–Crippen LogP) is 7.36. The molecule has 0 heterocycles. The van der Waals surface area contributed by atoms with E-state index in [1.807, 2.05) is 0 Å². The van der Waals surface area contributed by atoms with Gasteiger partial charge < -0.3 is 0 Å². The normalized spacial score (nSPS) is 16.2. The molecular weight excluding hydrogens is 336 g/mol. The summed E-state index contributed by atoms with van der Waals surface area (Å²) in [5.74, 6) is 0. The molecule has 0 bridgehead atoms. The minimum atomic E-state index is 0.0440. The van der Waals surface area contributed by atoms with Crippen LogP contribution in [0.5, 0.6) is 0 Å². The Morgan fingerprint density at radius 3 is 2.11 bits per heavy atom. The van der Waals surface area contributed by atoms with Gasteiger partial charge in [0.05, 0.1) is 0 Å². The van der Waals surface area contributed by atoms with Gasteiger partial charge in [0.15, 0.2) is 0 Å². The minimum Gasteiger partial charge on any atom is -0.0590 e. The summed E-state index contributed by atoms with van der Waals surface area (Å²) in [5, 5.41) is 0. The lowest BCUT2D eigenvalue weighted by molar-refractivity contribution is 0.584. The van der Waals surface area contributed by atoms with E-state index in [2.05, 4.69) is 90.1 Å². The van der Waals surface area contributed by atoms with E-state index in [0.717, 1.165) is 12.8 Å². The Bertz CT molecular complexity index is 1120. The van der Waals surface area contributed by atoms with Crippen LogP contribution in [-0.4, -0.2) is 0 Å². The highest BCUT2D eigenvalue weighted by Crippen LogP contribution is 2.52. The van der Waals surface area contributed by atoms with E-state index >= 15 is 0 Å². The van der Waals surface area contributed by atoms with Gasteiger partial charge in [-0.3, -0.25) is 0 Å². The van der Waals surface area contributed by atoms with Crippen molar-refractivity contribution in [1.29, 1.82) is 0 Å². The predicted molar refractivity (Wildman–Crippen MR) is 120 cm³/mol. The highest BCUT2D eigenvalue weighted by Gasteiger charge is 2.37. The molecule has 0 atom stereocenters. The van der Waals surface area contributed by atoms with Crippen LogP contribution in [0.25, 0.3) is 22.3 Å². The Balaban J connectivity index is 1.74. The summed E-state index contributed by atoms with van der Waals surface area (Å²) >= 11 is 0. The van der Waals surface area contributed by atoms with Crippen molar-refractivity contribution in [1.82, 2.24) is 0 Å². The van der Waals surface area contributed by atoms with Crippen molar-refractivity contribution in [3.63, 3.8) is 0 Å². The summed E-state index contributed by atoms with van der Waals surface area (Å²) in [5.41, 5.74) is 14.8. The molecule has 0 unspecified atom stereocenters. The molecule has 0 amide bonds. The van der Waals surface area contributed by atoms with E-state index < -0.39 is 0 Å². The Hall–Kier alpha value is -2.34. The van der Waals surface area contributed by atoms with E-state index in [4.69, 9.17) is 0 Å². The zero-order chi connectivity index (χ0) is 19.8. The third-order valence-corrected chi connectivity index (χ3v) is 6.99. The lowest BCUT2D eigenvalue weighted by Gasteiger charge is -2.27. The zero-order valence-electron chi connectivity index (χ0n) is 18.0. The molecular formula is C28H30. The molecule has 0 spiro atoms. The zero-order valence-corrected chi connectivity index (χ0v) is 18.0. The summed E-state index contributed by atoms with van der Waals surface area (Å²) in [6.07, 6.45) is 2.30. The number of benzene rings is 3. The molecule has 0 fully saturated rings. The second kappa shape index (κ2) is 5.60. The molecule has 142 valence electrons. The molecule has 0 nitrogen and oxygen atoms in total. The van der Waals surface area contributed by atoms with Gasteiger partial charge in [-0.25, -0.2) is 0 Å². The van der Waals surface area contributed by atoms with Crippen LogP contribution in [0, 0.1) is 6.92 Å². The Morgan fingerprint density at radius 2 is 1.36 bits per heavy atom. The molecule has 0 heteroatoms. The van der Waals surface area contributed by atoms with Crippen molar-refractivity contribution in [2.24, 2.45) is 0 Å². The van der Waals surface area contributed by atoms with E-state index in [-0.39, 0.29) is 10.8 Å². The molecule has 28 heavy (non-hydrogen) atoms. The molecule has 3 aromatic rings. The summed E-state index contributed by atoms with van der Waals surface area (Å²) in [6.45, 7) is 13.9. The summed E-state index contributed by atoms with van der Waals surface area (Å²) < 4.78 is 0. The van der Waals surface area contributed by atoms with Gasteiger partial charge in [0.1, 0.15) is 0 Å². The SMILES string of the molecule is Cc1ccc2c(c1)-c1cc3c(cc1CC2)-c1ccc(C(C)(C)C)cc1C3(C)C. The standard InChI is InChI=1S/C28H30/c1-17-7-8-18-9-10-19-14-24-21-12-11-20(27(2,3)4)15-25(21)28(5,6)26(24)16-23(19)22(18)13-17/h7-8,11-16H,9-10H2,1-6H3. The molecule has 0 saturated heterocycles. The van der Waals surface area contributed by atoms with Crippen LogP contribution in [0.15, 0.2) is 48.5 Å². The van der Waals surface area contributed by atoms with Crippen LogP contribution in [0.1, 0.15) is 68.0 Å². The molecule has 0 N–H and O–H groups in total. The highest BCUT2D eigenvalue weighted by atomic mass is 14.4. The number of hydrogen-bond donors (Lipinski definition) is 0. The number of aryl methyl sites for hydroxylation is 3. The van der Waals surface area contributed by atoms with Crippen molar-refractivity contribution in [3.05, 3.63) is 81.9 Å². The quantitative estimate of drug-likeness (QED) is 0.390. The lowest BCUT2D eigenvalue weighted by Crippen LogP contribution is -2.18. The Morgan fingerprint density at radius 1 is 0.679 bits per heavy atom. The second-order valence-corrected chi connectivity index (χ2v) is 10.4. The average Bonchev–Trinajstić information content (AvgIpc) is 2.86. The van der Waals surface area contributed by atoms with Crippen molar-refractivity contribution in [3.8, 4) is 22.3 Å². The van der Waals surface area contributed by atoms with Gasteiger partial charge in [-0.15, -0.1) is 0 Å². The van der Waals surface area contributed by atoms with Crippen LogP contribution in [0.4, 0.5) is 0 Å². The number of hydrogen-bond acceptors (Lipinski definition) is 0. The number of rotatable bonds is 0. The number of fused-ring (bicyclic) bond motifs is 6. The summed E-state index contributed by atoms with van der Waals surface area (Å²) in [7, 11) is 0. The summed E-state index contributed by atoms with van der Waals surface area (Å²) in [6, 6.07) is 19.2. The van der Waals surface area contributed by atoms with Gasteiger partial charge in [-0.1, -0.05) is 82.6 Å². The average molecular weight is 367 g/mol. The van der Waals surface area contributed by atoms with Crippen LogP contribution in [0.3, 0.4) is 0 Å². The fourth-order valence-corrected chi connectivity index (χ4v) is 5.18. The molecule has 2 aliphatic rings. The first-order chi connectivity index (χ1) is 13.2. The molecule has 0 aromatic heterocycles. The second-order valence-electron chi connectivity index (χ2n) is 10.4. The van der Waals surface area contributed by atoms with Crippen LogP contribution in [0.2, 0.25) is 0 Å². The topological polar surface area (TPSA) is 0 Å². The van der Waals surface area contributed by atoms with Crippen molar-refractivity contribution in [2.75, 3.05) is 0 Å². The first kappa shape index (κ1) is 17.7. The van der Waals surface area contributed by atoms with Crippen molar-refractivity contribution in [2.45, 2.75) is 65.2 Å². The van der Waals surface area contributed by atoms with E-state index in [1.165, 1.54) is 55.6 Å². The van der Waals surface area contributed by atoms with Gasteiger partial charge in [-0.05, 0) is 81.3 Å². The Kier molecular flexibility index (Phi) is 3.55. The Labute approximate surface area is 169 Å².